The molecule has 0 atom stereocenters. The Labute approximate surface area is 94.3 Å². The number of nitrogens with zero attached hydrogens (tertiary/aromatic N) is 2. The van der Waals surface area contributed by atoms with Crippen LogP contribution in [0.5, 0.6) is 0 Å². The Balaban J connectivity index is 2.93. The molecule has 0 aliphatic rings. The fourth-order valence-corrected chi connectivity index (χ4v) is 2.22. The number of fused-ring (bicyclic) bond motifs is 1. The van der Waals surface area contributed by atoms with Crippen molar-refractivity contribution in [3.05, 3.63) is 38.9 Å². The van der Waals surface area contributed by atoms with Crippen LogP contribution in [0, 0.1) is 10.1 Å². The molecule has 9 heteroatoms. The van der Waals surface area contributed by atoms with Crippen LogP contribution in [0.1, 0.15) is 0 Å². The predicted octanol–water partition coefficient (Wildman–Crippen LogP) is 0.310. The van der Waals surface area contributed by atoms with Crippen LogP contribution in [-0.2, 0) is 10.0 Å². The standard InChI is InChI=1S/C8H6N2O6S/c1-17(14,15)9-6-4-5(10(12)13)2-3-7(6)16-8(9)11/h2-4H,1H3. The van der Waals surface area contributed by atoms with Gasteiger partial charge in [0.2, 0.25) is 10.0 Å². The smallest absolute Gasteiger partial charge is 0.407 e. The lowest BCUT2D eigenvalue weighted by atomic mass is 10.3. The van der Waals surface area contributed by atoms with E-state index in [2.05, 4.69) is 4.42 Å². The zero-order chi connectivity index (χ0) is 12.8. The monoisotopic (exact) mass is 258 g/mol. The van der Waals surface area contributed by atoms with Crippen LogP contribution in [0.15, 0.2) is 27.4 Å². The van der Waals surface area contributed by atoms with E-state index in [0.717, 1.165) is 18.4 Å². The molecule has 90 valence electrons. The van der Waals surface area contributed by atoms with E-state index in [0.29, 0.717) is 3.97 Å². The van der Waals surface area contributed by atoms with Gasteiger partial charge in [-0.2, -0.15) is 3.97 Å². The van der Waals surface area contributed by atoms with Crippen molar-refractivity contribution >= 4 is 26.8 Å². The topological polar surface area (TPSA) is 112 Å². The minimum atomic E-state index is -3.87. The van der Waals surface area contributed by atoms with E-state index >= 15 is 0 Å². The molecule has 8 nitrogen and oxygen atoms in total. The number of aromatic nitrogens is 1. The van der Waals surface area contributed by atoms with Crippen molar-refractivity contribution in [1.82, 2.24) is 3.97 Å². The second-order valence-corrected chi connectivity index (χ2v) is 5.14. The van der Waals surface area contributed by atoms with E-state index in [1.54, 1.807) is 0 Å². The molecule has 0 aliphatic heterocycles. The Hall–Kier alpha value is -2.16. The number of rotatable bonds is 2. The molecule has 0 saturated carbocycles. The van der Waals surface area contributed by atoms with Crippen LogP contribution in [-0.4, -0.2) is 23.6 Å². The van der Waals surface area contributed by atoms with E-state index in [9.17, 15) is 23.3 Å². The number of non-ortho nitro benzene ring substituents is 1. The molecular weight excluding hydrogens is 252 g/mol. The first kappa shape index (κ1) is 11.3. The zero-order valence-corrected chi connectivity index (χ0v) is 9.30. The molecule has 1 aromatic carbocycles. The van der Waals surface area contributed by atoms with Gasteiger partial charge in [-0.05, 0) is 6.07 Å². The van der Waals surface area contributed by atoms with Gasteiger partial charge in [0.15, 0.2) is 5.58 Å². The summed E-state index contributed by atoms with van der Waals surface area (Å²) in [5.41, 5.74) is -0.492. The van der Waals surface area contributed by atoms with Crippen molar-refractivity contribution in [2.75, 3.05) is 6.26 Å². The van der Waals surface area contributed by atoms with Gasteiger partial charge < -0.3 is 4.42 Å². The molecule has 1 heterocycles. The number of nitro benzene ring substituents is 1. The molecular formula is C8H6N2O6S. The molecule has 0 N–H and O–H groups in total. The number of nitro groups is 1. The summed E-state index contributed by atoms with van der Waals surface area (Å²) < 4.78 is 27.7. The summed E-state index contributed by atoms with van der Waals surface area (Å²) in [6.45, 7) is 0. The lowest BCUT2D eigenvalue weighted by Crippen LogP contribution is -2.21. The van der Waals surface area contributed by atoms with Gasteiger partial charge in [0, 0.05) is 12.1 Å². The SMILES string of the molecule is CS(=O)(=O)n1c(=O)oc2ccc([N+](=O)[O-])cc21. The Bertz CT molecular complexity index is 769. The van der Waals surface area contributed by atoms with Crippen LogP contribution in [0.25, 0.3) is 11.1 Å². The van der Waals surface area contributed by atoms with E-state index in [1.807, 2.05) is 0 Å². The molecule has 0 amide bonds. The normalized spacial score (nSPS) is 11.8. The summed E-state index contributed by atoms with van der Waals surface area (Å²) in [5, 5.41) is 10.6. The van der Waals surface area contributed by atoms with Crippen LogP contribution in [0.3, 0.4) is 0 Å². The minimum Gasteiger partial charge on any atom is -0.407 e. The van der Waals surface area contributed by atoms with Crippen LogP contribution >= 0.6 is 0 Å². The molecule has 2 aromatic rings. The molecule has 0 aliphatic carbocycles. The molecule has 0 radical (unpaired) electrons. The van der Waals surface area contributed by atoms with Gasteiger partial charge in [0.25, 0.3) is 5.69 Å². The largest absolute Gasteiger partial charge is 0.434 e. The molecule has 0 fully saturated rings. The number of benzene rings is 1. The maximum absolute atomic E-state index is 11.3. The van der Waals surface area contributed by atoms with Crippen molar-refractivity contribution in [2.24, 2.45) is 0 Å². The van der Waals surface area contributed by atoms with Gasteiger partial charge in [0.05, 0.1) is 11.2 Å². The van der Waals surface area contributed by atoms with Gasteiger partial charge in [-0.1, -0.05) is 0 Å². The predicted molar refractivity (Wildman–Crippen MR) is 57.4 cm³/mol. The molecule has 0 bridgehead atoms. The average molecular weight is 258 g/mol. The Kier molecular flexibility index (Phi) is 2.28. The number of oxazole rings is 1. The molecule has 0 unspecified atom stereocenters. The third-order valence-electron chi connectivity index (χ3n) is 2.07. The highest BCUT2D eigenvalue weighted by Crippen LogP contribution is 2.20. The summed E-state index contributed by atoms with van der Waals surface area (Å²) in [6, 6.07) is 3.27. The molecule has 17 heavy (non-hydrogen) atoms. The second-order valence-electron chi connectivity index (χ2n) is 3.30. The first-order chi connectivity index (χ1) is 7.80. The highest BCUT2D eigenvalue weighted by molar-refractivity contribution is 7.89. The summed E-state index contributed by atoms with van der Waals surface area (Å²) >= 11 is 0. The molecule has 2 rings (SSSR count). The van der Waals surface area contributed by atoms with Gasteiger partial charge >= 0.3 is 5.76 Å². The maximum Gasteiger partial charge on any atom is 0.434 e. The van der Waals surface area contributed by atoms with E-state index in [-0.39, 0.29) is 16.8 Å². The van der Waals surface area contributed by atoms with E-state index in [1.165, 1.54) is 6.07 Å². The Morgan fingerprint density at radius 2 is 2.06 bits per heavy atom. The van der Waals surface area contributed by atoms with E-state index < -0.39 is 20.7 Å². The van der Waals surface area contributed by atoms with Gasteiger partial charge in [-0.15, -0.1) is 0 Å². The fourth-order valence-electron chi connectivity index (χ4n) is 1.41. The molecule has 0 spiro atoms. The highest BCUT2D eigenvalue weighted by Gasteiger charge is 2.19. The maximum atomic E-state index is 11.3. The van der Waals surface area contributed by atoms with Crippen molar-refractivity contribution < 1.29 is 17.8 Å². The summed E-state index contributed by atoms with van der Waals surface area (Å²) in [4.78, 5) is 21.2. The van der Waals surface area contributed by atoms with Crippen LogP contribution in [0.4, 0.5) is 5.69 Å². The van der Waals surface area contributed by atoms with Gasteiger partial charge in [-0.3, -0.25) is 10.1 Å². The van der Waals surface area contributed by atoms with Gasteiger partial charge in [-0.25, -0.2) is 13.2 Å². The van der Waals surface area contributed by atoms with Gasteiger partial charge in [0.1, 0.15) is 5.52 Å². The van der Waals surface area contributed by atoms with Crippen LogP contribution < -0.4 is 5.76 Å². The fraction of sp³-hybridized carbons (Fsp3) is 0.125. The first-order valence-corrected chi connectivity index (χ1v) is 6.16. The third-order valence-corrected chi connectivity index (χ3v) is 3.08. The zero-order valence-electron chi connectivity index (χ0n) is 8.48. The third kappa shape index (κ3) is 1.80. The van der Waals surface area contributed by atoms with Crippen molar-refractivity contribution in [3.8, 4) is 0 Å². The summed E-state index contributed by atoms with van der Waals surface area (Å²) in [5.74, 6) is -1.09. The quantitative estimate of drug-likeness (QED) is 0.566. The lowest BCUT2D eigenvalue weighted by molar-refractivity contribution is -0.384. The van der Waals surface area contributed by atoms with Crippen molar-refractivity contribution in [1.29, 1.82) is 0 Å². The summed E-state index contributed by atoms with van der Waals surface area (Å²) in [6.07, 6.45) is 0.808. The van der Waals surface area contributed by atoms with Crippen molar-refractivity contribution in [2.45, 2.75) is 0 Å². The highest BCUT2D eigenvalue weighted by atomic mass is 32.2. The van der Waals surface area contributed by atoms with Crippen LogP contribution in [0.2, 0.25) is 0 Å². The first-order valence-electron chi connectivity index (χ1n) is 4.31. The number of hydrogen-bond donors (Lipinski definition) is 0. The average Bonchev–Trinajstić information content (AvgIpc) is 2.51. The second kappa shape index (κ2) is 3.42. The van der Waals surface area contributed by atoms with Crippen molar-refractivity contribution in [3.63, 3.8) is 0 Å². The lowest BCUT2D eigenvalue weighted by Gasteiger charge is -1.97. The van der Waals surface area contributed by atoms with E-state index in [4.69, 9.17) is 0 Å². The molecule has 0 saturated heterocycles. The minimum absolute atomic E-state index is 0.0222. The summed E-state index contributed by atoms with van der Waals surface area (Å²) in [7, 11) is -3.87. The molecule has 1 aromatic heterocycles. The Morgan fingerprint density at radius 3 is 2.59 bits per heavy atom. The Morgan fingerprint density at radius 1 is 1.41 bits per heavy atom. The number of hydrogen-bond acceptors (Lipinski definition) is 6.